The average molecular weight is 275 g/mol. The van der Waals surface area contributed by atoms with Crippen molar-refractivity contribution in [3.63, 3.8) is 0 Å². The Labute approximate surface area is 112 Å². The summed E-state index contributed by atoms with van der Waals surface area (Å²) in [6.07, 6.45) is -4.33. The van der Waals surface area contributed by atoms with Crippen molar-refractivity contribution >= 4 is 5.71 Å². The molecule has 0 aromatic heterocycles. The lowest BCUT2D eigenvalue weighted by Gasteiger charge is -2.07. The summed E-state index contributed by atoms with van der Waals surface area (Å²) in [4.78, 5) is 4.49. The fraction of sp³-hybridized carbons (Fsp3) is 0.500. The lowest BCUT2D eigenvalue weighted by Crippen LogP contribution is -2.06. The molecule has 19 heavy (non-hydrogen) atoms. The normalized spacial score (nSPS) is 11.9. The number of halogens is 3. The van der Waals surface area contributed by atoms with Gasteiger partial charge in [-0.25, -0.2) is 0 Å². The van der Waals surface area contributed by atoms with Crippen LogP contribution in [0.4, 0.5) is 13.2 Å². The third-order valence-electron chi connectivity index (χ3n) is 1.84. The average Bonchev–Trinajstić information content (AvgIpc) is 2.27. The van der Waals surface area contributed by atoms with E-state index in [0.29, 0.717) is 11.3 Å². The molecule has 0 spiro atoms. The van der Waals surface area contributed by atoms with Gasteiger partial charge >= 0.3 is 6.18 Å². The molecule has 5 heteroatoms. The van der Waals surface area contributed by atoms with Gasteiger partial charge in [0.05, 0.1) is 11.3 Å². The maximum atomic E-state index is 12.3. The van der Waals surface area contributed by atoms with Gasteiger partial charge in [0.15, 0.2) is 0 Å². The van der Waals surface area contributed by atoms with Crippen LogP contribution in [0.15, 0.2) is 29.4 Å². The van der Waals surface area contributed by atoms with Crippen LogP contribution in [0.1, 0.15) is 38.8 Å². The summed E-state index contributed by atoms with van der Waals surface area (Å²) in [5.74, 6) is 0.833. The molecule has 0 saturated carbocycles. The number of nitrogens with zero attached hydrogens (tertiary/aromatic N) is 1. The second-order valence-electron chi connectivity index (χ2n) is 4.67. The first-order chi connectivity index (χ1) is 8.68. The minimum atomic E-state index is -4.33. The van der Waals surface area contributed by atoms with Gasteiger partial charge in [-0.1, -0.05) is 38.1 Å². The molecule has 1 aromatic rings. The van der Waals surface area contributed by atoms with E-state index in [0.717, 1.165) is 18.1 Å². The van der Waals surface area contributed by atoms with Crippen LogP contribution < -0.4 is 0 Å². The van der Waals surface area contributed by atoms with E-state index < -0.39 is 11.7 Å². The van der Waals surface area contributed by atoms with Gasteiger partial charge in [0.25, 0.3) is 0 Å². The smallest absolute Gasteiger partial charge is 0.399 e. The maximum Gasteiger partial charge on any atom is 0.416 e. The highest BCUT2D eigenvalue weighted by Crippen LogP contribution is 2.29. The molecule has 0 atom stereocenters. The first-order valence-electron chi connectivity index (χ1n) is 5.93. The number of oxime groups is 1. The van der Waals surface area contributed by atoms with Gasteiger partial charge in [0, 0.05) is 0 Å². The molecule has 0 bridgehead atoms. The van der Waals surface area contributed by atoms with Crippen LogP contribution in [-0.4, -0.2) is 12.8 Å². The number of rotatable bonds is 2. The summed E-state index contributed by atoms with van der Waals surface area (Å²) in [5, 5.41) is 3.57. The van der Waals surface area contributed by atoms with E-state index in [1.807, 2.05) is 0 Å². The highest BCUT2D eigenvalue weighted by atomic mass is 19.4. The van der Waals surface area contributed by atoms with Gasteiger partial charge in [-0.3, -0.25) is 0 Å². The van der Waals surface area contributed by atoms with Crippen molar-refractivity contribution in [2.75, 3.05) is 7.11 Å². The molecule has 108 valence electrons. The van der Waals surface area contributed by atoms with Crippen molar-refractivity contribution in [3.05, 3.63) is 35.4 Å². The van der Waals surface area contributed by atoms with Gasteiger partial charge in [0.2, 0.25) is 0 Å². The van der Waals surface area contributed by atoms with Crippen LogP contribution >= 0.6 is 0 Å². The van der Waals surface area contributed by atoms with Crippen LogP contribution in [0, 0.1) is 5.92 Å². The monoisotopic (exact) mass is 275 g/mol. The summed E-state index contributed by atoms with van der Waals surface area (Å²) >= 11 is 0. The van der Waals surface area contributed by atoms with Crippen molar-refractivity contribution in [2.24, 2.45) is 11.1 Å². The lowest BCUT2D eigenvalue weighted by molar-refractivity contribution is -0.137. The van der Waals surface area contributed by atoms with E-state index in [9.17, 15) is 13.2 Å². The van der Waals surface area contributed by atoms with Crippen LogP contribution in [-0.2, 0) is 11.0 Å². The predicted molar refractivity (Wildman–Crippen MR) is 71.2 cm³/mol. The number of hydrogen-bond donors (Lipinski definition) is 0. The zero-order valence-electron chi connectivity index (χ0n) is 11.9. The second-order valence-corrected chi connectivity index (χ2v) is 4.67. The van der Waals surface area contributed by atoms with Gasteiger partial charge in [0.1, 0.15) is 7.11 Å². The summed E-state index contributed by atoms with van der Waals surface area (Å²) in [6, 6.07) is 4.95. The highest BCUT2D eigenvalue weighted by Gasteiger charge is 2.30. The van der Waals surface area contributed by atoms with Crippen LogP contribution in [0.3, 0.4) is 0 Å². The minimum Gasteiger partial charge on any atom is -0.399 e. The largest absolute Gasteiger partial charge is 0.416 e. The Hall–Kier alpha value is -1.52. The molecule has 0 aliphatic carbocycles. The molecule has 0 radical (unpaired) electrons. The fourth-order valence-corrected chi connectivity index (χ4v) is 1.11. The van der Waals surface area contributed by atoms with Crippen molar-refractivity contribution in [2.45, 2.75) is 33.9 Å². The highest BCUT2D eigenvalue weighted by molar-refractivity contribution is 5.98. The van der Waals surface area contributed by atoms with E-state index >= 15 is 0 Å². The molecule has 1 rings (SSSR count). The Morgan fingerprint density at radius 2 is 1.74 bits per heavy atom. The van der Waals surface area contributed by atoms with E-state index in [2.05, 4.69) is 30.8 Å². The third-order valence-corrected chi connectivity index (χ3v) is 1.84. The van der Waals surface area contributed by atoms with Crippen molar-refractivity contribution in [3.8, 4) is 0 Å². The zero-order chi connectivity index (χ0) is 15.1. The summed E-state index contributed by atoms with van der Waals surface area (Å²) in [6.45, 7) is 8.08. The lowest BCUT2D eigenvalue weighted by atomic mass is 10.1. The molecule has 0 aliphatic rings. The van der Waals surface area contributed by atoms with Gasteiger partial charge in [-0.05, 0) is 30.5 Å². The van der Waals surface area contributed by atoms with Crippen LogP contribution in [0.25, 0.3) is 0 Å². The SMILES string of the molecule is CC(C)C.CO/N=C(\C)c1cccc(C(F)(F)F)c1. The van der Waals surface area contributed by atoms with E-state index in [-0.39, 0.29) is 0 Å². The molecular formula is C14H20F3NO. The van der Waals surface area contributed by atoms with Gasteiger partial charge in [-0.2, -0.15) is 13.2 Å². The second kappa shape index (κ2) is 7.81. The third kappa shape index (κ3) is 7.49. The standard InChI is InChI=1S/C10H10F3NO.C4H10/c1-7(14-15-2)8-4-3-5-9(6-8)10(11,12)13;1-4(2)3/h3-6H,1-2H3;4H,1-3H3/b14-7+;. The molecule has 0 aliphatic heterocycles. The quantitative estimate of drug-likeness (QED) is 0.564. The van der Waals surface area contributed by atoms with E-state index in [1.165, 1.54) is 13.2 Å². The van der Waals surface area contributed by atoms with Crippen molar-refractivity contribution in [1.82, 2.24) is 0 Å². The van der Waals surface area contributed by atoms with E-state index in [4.69, 9.17) is 0 Å². The number of hydrogen-bond acceptors (Lipinski definition) is 2. The summed E-state index contributed by atoms with van der Waals surface area (Å²) < 4.78 is 37.0. The molecule has 0 unspecified atom stereocenters. The zero-order valence-corrected chi connectivity index (χ0v) is 11.9. The molecule has 0 fully saturated rings. The molecule has 0 saturated heterocycles. The Morgan fingerprint density at radius 1 is 1.21 bits per heavy atom. The maximum absolute atomic E-state index is 12.3. The summed E-state index contributed by atoms with van der Waals surface area (Å²) in [7, 11) is 1.34. The van der Waals surface area contributed by atoms with Crippen molar-refractivity contribution < 1.29 is 18.0 Å². The molecule has 2 nitrogen and oxygen atoms in total. The molecule has 1 aromatic carbocycles. The van der Waals surface area contributed by atoms with Crippen LogP contribution in [0.5, 0.6) is 0 Å². The Kier molecular flexibility index (Phi) is 7.19. The van der Waals surface area contributed by atoms with Gasteiger partial charge in [-0.15, -0.1) is 0 Å². The Balaban J connectivity index is 0.000000711. The van der Waals surface area contributed by atoms with Gasteiger partial charge < -0.3 is 4.84 Å². The first-order valence-corrected chi connectivity index (χ1v) is 5.93. The van der Waals surface area contributed by atoms with Crippen LogP contribution in [0.2, 0.25) is 0 Å². The first kappa shape index (κ1) is 17.5. The summed E-state index contributed by atoms with van der Waals surface area (Å²) in [5.41, 5.74) is 0.112. The molecule has 0 heterocycles. The number of alkyl halides is 3. The Morgan fingerprint density at radius 3 is 2.16 bits per heavy atom. The predicted octanol–water partition coefficient (Wildman–Crippen LogP) is 4.74. The van der Waals surface area contributed by atoms with Crippen molar-refractivity contribution in [1.29, 1.82) is 0 Å². The Bertz CT molecular complexity index is 409. The number of benzene rings is 1. The molecule has 0 amide bonds. The minimum absolute atomic E-state index is 0.395. The fourth-order valence-electron chi connectivity index (χ4n) is 1.11. The topological polar surface area (TPSA) is 21.6 Å². The molecule has 0 N–H and O–H groups in total. The van der Waals surface area contributed by atoms with E-state index in [1.54, 1.807) is 13.0 Å². The molecular weight excluding hydrogens is 255 g/mol.